The smallest absolute Gasteiger partial charge is 0.422 e. The molecule has 12 heteroatoms. The highest BCUT2D eigenvalue weighted by atomic mass is 35.5. The van der Waals surface area contributed by atoms with Crippen LogP contribution in [-0.2, 0) is 5.60 Å². The number of ether oxygens (including phenoxy) is 1. The van der Waals surface area contributed by atoms with E-state index in [1.807, 2.05) is 12.1 Å². The van der Waals surface area contributed by atoms with E-state index in [9.17, 15) is 18.3 Å². The summed E-state index contributed by atoms with van der Waals surface area (Å²) in [5, 5.41) is 18.9. The summed E-state index contributed by atoms with van der Waals surface area (Å²) in [6, 6.07) is 6.81. The number of pyridine rings is 2. The van der Waals surface area contributed by atoms with Gasteiger partial charge in [-0.3, -0.25) is 0 Å². The fraction of sp³-hybridized carbons (Fsp3) is 0.522. The van der Waals surface area contributed by atoms with Crippen molar-refractivity contribution in [1.29, 1.82) is 0 Å². The number of hydrogen-bond donors (Lipinski definition) is 2. The lowest BCUT2D eigenvalue weighted by atomic mass is 9.92. The van der Waals surface area contributed by atoms with E-state index < -0.39 is 18.4 Å². The first kappa shape index (κ1) is 23.9. The molecule has 2 fully saturated rings. The molecule has 3 aromatic rings. The van der Waals surface area contributed by atoms with Gasteiger partial charge in [0.15, 0.2) is 18.0 Å². The second-order valence-electron chi connectivity index (χ2n) is 9.73. The lowest BCUT2D eigenvalue weighted by Gasteiger charge is -2.39. The van der Waals surface area contributed by atoms with Gasteiger partial charge in [-0.05, 0) is 62.8 Å². The molecule has 0 aromatic carbocycles. The Hall–Kier alpha value is -2.79. The van der Waals surface area contributed by atoms with Gasteiger partial charge in [0.05, 0.1) is 5.69 Å². The Morgan fingerprint density at radius 2 is 1.89 bits per heavy atom. The number of aliphatic hydroxyl groups is 1. The Kier molecular flexibility index (Phi) is 5.95. The molecule has 1 saturated heterocycles. The molecule has 1 aliphatic heterocycles. The van der Waals surface area contributed by atoms with Gasteiger partial charge >= 0.3 is 6.18 Å². The third-order valence-corrected chi connectivity index (χ3v) is 6.88. The summed E-state index contributed by atoms with van der Waals surface area (Å²) in [6.45, 7) is 3.37. The highest BCUT2D eigenvalue weighted by molar-refractivity contribution is 6.29. The highest BCUT2D eigenvalue weighted by Gasteiger charge is 2.43. The van der Waals surface area contributed by atoms with Gasteiger partial charge in [-0.1, -0.05) is 11.6 Å². The van der Waals surface area contributed by atoms with Crippen molar-refractivity contribution in [3.8, 4) is 5.75 Å². The monoisotopic (exact) mass is 510 g/mol. The van der Waals surface area contributed by atoms with E-state index >= 15 is 0 Å². The van der Waals surface area contributed by atoms with Crippen LogP contribution in [0.25, 0.3) is 5.65 Å². The fourth-order valence-electron chi connectivity index (χ4n) is 5.14. The molecular weight excluding hydrogens is 485 g/mol. The number of alkyl halides is 3. The van der Waals surface area contributed by atoms with Crippen LogP contribution in [0, 0.1) is 11.8 Å². The molecule has 2 bridgehead atoms. The second-order valence-corrected chi connectivity index (χ2v) is 10.1. The molecule has 2 aliphatic rings. The fourth-order valence-corrected chi connectivity index (χ4v) is 5.31. The van der Waals surface area contributed by atoms with Gasteiger partial charge in [0.2, 0.25) is 5.95 Å². The first-order chi connectivity index (χ1) is 16.5. The number of fused-ring (bicyclic) bond motifs is 3. The van der Waals surface area contributed by atoms with E-state index in [1.165, 1.54) is 16.6 Å². The summed E-state index contributed by atoms with van der Waals surface area (Å²) < 4.78 is 44.6. The van der Waals surface area contributed by atoms with Crippen LogP contribution < -0.4 is 15.0 Å². The van der Waals surface area contributed by atoms with Crippen LogP contribution in [0.15, 0.2) is 30.5 Å². The summed E-state index contributed by atoms with van der Waals surface area (Å²) in [5.74, 6) is 0.910. The molecule has 0 amide bonds. The van der Waals surface area contributed by atoms with Crippen molar-refractivity contribution in [2.75, 3.05) is 29.9 Å². The molecule has 8 nitrogen and oxygen atoms in total. The Morgan fingerprint density at radius 3 is 2.51 bits per heavy atom. The minimum atomic E-state index is -4.49. The van der Waals surface area contributed by atoms with E-state index in [2.05, 4.69) is 25.3 Å². The highest BCUT2D eigenvalue weighted by Crippen LogP contribution is 2.40. The van der Waals surface area contributed by atoms with Crippen LogP contribution in [0.4, 0.5) is 24.8 Å². The number of anilines is 2. The molecule has 188 valence electrons. The maximum Gasteiger partial charge on any atom is 0.422 e. The quantitative estimate of drug-likeness (QED) is 0.479. The van der Waals surface area contributed by atoms with E-state index in [1.54, 1.807) is 20.0 Å². The first-order valence-corrected chi connectivity index (χ1v) is 11.8. The summed E-state index contributed by atoms with van der Waals surface area (Å²) in [5.41, 5.74) is 0.252. The van der Waals surface area contributed by atoms with Crippen molar-refractivity contribution in [3.05, 3.63) is 41.3 Å². The van der Waals surface area contributed by atoms with Gasteiger partial charge in [-0.25, -0.2) is 9.50 Å². The van der Waals surface area contributed by atoms with Gasteiger partial charge < -0.3 is 20.1 Å². The van der Waals surface area contributed by atoms with Crippen LogP contribution in [-0.4, -0.2) is 56.6 Å². The molecule has 3 atom stereocenters. The van der Waals surface area contributed by atoms with Crippen molar-refractivity contribution in [3.63, 3.8) is 0 Å². The summed E-state index contributed by atoms with van der Waals surface area (Å²) in [4.78, 5) is 10.8. The van der Waals surface area contributed by atoms with E-state index in [0.717, 1.165) is 31.6 Å². The molecular formula is C23H26ClF3N6O2. The Labute approximate surface area is 205 Å². The maximum absolute atomic E-state index is 12.8. The maximum atomic E-state index is 12.8. The minimum absolute atomic E-state index is 0.0526. The zero-order chi connectivity index (χ0) is 25.0. The second kappa shape index (κ2) is 8.70. The van der Waals surface area contributed by atoms with E-state index in [4.69, 9.17) is 16.3 Å². The van der Waals surface area contributed by atoms with Gasteiger partial charge in [-0.15, -0.1) is 5.10 Å². The Morgan fingerprint density at radius 1 is 1.17 bits per heavy atom. The van der Waals surface area contributed by atoms with Crippen molar-refractivity contribution in [2.45, 2.75) is 44.5 Å². The number of halogens is 4. The van der Waals surface area contributed by atoms with Crippen molar-refractivity contribution in [1.82, 2.24) is 19.6 Å². The number of hydrogen-bond acceptors (Lipinski definition) is 7. The molecule has 0 spiro atoms. The molecule has 2 N–H and O–H groups in total. The lowest BCUT2D eigenvalue weighted by Crippen LogP contribution is -2.48. The van der Waals surface area contributed by atoms with Crippen molar-refractivity contribution < 1.29 is 23.0 Å². The van der Waals surface area contributed by atoms with Gasteiger partial charge in [-0.2, -0.15) is 18.2 Å². The van der Waals surface area contributed by atoms with Crippen LogP contribution >= 0.6 is 11.6 Å². The molecule has 3 aromatic heterocycles. The molecule has 4 heterocycles. The largest absolute Gasteiger partial charge is 0.480 e. The lowest BCUT2D eigenvalue weighted by molar-refractivity contribution is -0.153. The normalized spacial score (nSPS) is 22.6. The summed E-state index contributed by atoms with van der Waals surface area (Å²) in [7, 11) is 0. The molecule has 1 saturated carbocycles. The molecule has 5 rings (SSSR count). The van der Waals surface area contributed by atoms with Gasteiger partial charge in [0.1, 0.15) is 10.8 Å². The third kappa shape index (κ3) is 4.97. The predicted octanol–water partition coefficient (Wildman–Crippen LogP) is 4.27. The number of aromatic nitrogens is 4. The number of rotatable bonds is 6. The van der Waals surface area contributed by atoms with E-state index in [0.29, 0.717) is 28.6 Å². The molecule has 0 radical (unpaired) electrons. The molecule has 0 unspecified atom stereocenters. The van der Waals surface area contributed by atoms with Crippen LogP contribution in [0.3, 0.4) is 0 Å². The Balaban J connectivity index is 1.40. The number of nitrogens with zero attached hydrogens (tertiary/aromatic N) is 5. The third-order valence-electron chi connectivity index (χ3n) is 6.67. The van der Waals surface area contributed by atoms with Gasteiger partial charge in [0, 0.05) is 31.0 Å². The zero-order valence-electron chi connectivity index (χ0n) is 19.3. The average Bonchev–Trinajstić information content (AvgIpc) is 3.27. The molecule has 1 aliphatic carbocycles. The van der Waals surface area contributed by atoms with Gasteiger partial charge in [0.25, 0.3) is 0 Å². The molecule has 35 heavy (non-hydrogen) atoms. The standard InChI is InChI=1S/C23H26ClF3N6O2/c1-22(2,34)17-6-5-16(35-12-23(25,26)27)20-30-21(31-33(17)20)29-19-13-3-4-14(19)11-32(10-13)15-7-8-28-18(24)9-15/h5-9,13-14,19,34H,3-4,10-12H2,1-2H3,(H,29,31)/t13-,14+,19-. The Bertz CT molecular complexity index is 1210. The topological polar surface area (TPSA) is 87.8 Å². The van der Waals surface area contributed by atoms with Crippen LogP contribution in [0.1, 0.15) is 32.4 Å². The number of nitrogens with one attached hydrogen (secondary N) is 1. The first-order valence-electron chi connectivity index (χ1n) is 11.4. The zero-order valence-corrected chi connectivity index (χ0v) is 20.0. The van der Waals surface area contributed by atoms with Crippen LogP contribution in [0.2, 0.25) is 5.15 Å². The summed E-state index contributed by atoms with van der Waals surface area (Å²) in [6.07, 6.45) is -0.706. The van der Waals surface area contributed by atoms with Crippen LogP contribution in [0.5, 0.6) is 5.75 Å². The summed E-state index contributed by atoms with van der Waals surface area (Å²) >= 11 is 6.07. The van der Waals surface area contributed by atoms with E-state index in [-0.39, 0.29) is 17.4 Å². The average molecular weight is 511 g/mol. The minimum Gasteiger partial charge on any atom is -0.480 e. The van der Waals surface area contributed by atoms with Crippen molar-refractivity contribution in [2.24, 2.45) is 11.8 Å². The SMILES string of the molecule is CC(C)(O)c1ccc(OCC(F)(F)F)c2nc(N[C@@H]3[C@@H]4CC[C@H]3CN(c3ccnc(Cl)c3)C4)nn12. The predicted molar refractivity (Wildman–Crippen MR) is 125 cm³/mol. The number of piperidine rings is 1. The van der Waals surface area contributed by atoms with Crippen molar-refractivity contribution >= 4 is 28.9 Å².